The molecule has 1 saturated carbocycles. The highest BCUT2D eigenvalue weighted by molar-refractivity contribution is 9.10. The fraction of sp³-hybridized carbons (Fsp3) is 0.462. The maximum absolute atomic E-state index is 12.0. The SMILES string of the molecule is O=C(CC1CCCC1)NS(=O)(=O)c1ccc(Br)cc1. The van der Waals surface area contributed by atoms with E-state index in [1.807, 2.05) is 0 Å². The summed E-state index contributed by atoms with van der Waals surface area (Å²) in [6.45, 7) is 0. The zero-order valence-electron chi connectivity index (χ0n) is 10.4. The van der Waals surface area contributed by atoms with Gasteiger partial charge in [0.05, 0.1) is 4.90 Å². The molecule has 1 fully saturated rings. The third-order valence-corrected chi connectivity index (χ3v) is 5.24. The molecule has 104 valence electrons. The zero-order chi connectivity index (χ0) is 13.9. The van der Waals surface area contributed by atoms with Crippen LogP contribution in [0, 0.1) is 5.92 Å². The number of rotatable bonds is 4. The minimum atomic E-state index is -3.74. The van der Waals surface area contributed by atoms with Crippen molar-refractivity contribution in [1.82, 2.24) is 4.72 Å². The average Bonchev–Trinajstić information content (AvgIpc) is 2.81. The molecular formula is C13H16BrNO3S. The molecular weight excluding hydrogens is 330 g/mol. The van der Waals surface area contributed by atoms with Gasteiger partial charge in [-0.1, -0.05) is 28.8 Å². The lowest BCUT2D eigenvalue weighted by atomic mass is 10.0. The van der Waals surface area contributed by atoms with E-state index in [2.05, 4.69) is 20.7 Å². The molecule has 4 nitrogen and oxygen atoms in total. The largest absolute Gasteiger partial charge is 0.274 e. The minimum Gasteiger partial charge on any atom is -0.274 e. The maximum Gasteiger partial charge on any atom is 0.264 e. The molecule has 19 heavy (non-hydrogen) atoms. The Balaban J connectivity index is 2.00. The molecule has 1 aromatic rings. The van der Waals surface area contributed by atoms with Gasteiger partial charge in [0.25, 0.3) is 10.0 Å². The van der Waals surface area contributed by atoms with Gasteiger partial charge in [-0.15, -0.1) is 0 Å². The molecule has 0 bridgehead atoms. The summed E-state index contributed by atoms with van der Waals surface area (Å²) in [4.78, 5) is 11.9. The van der Waals surface area contributed by atoms with Gasteiger partial charge < -0.3 is 0 Å². The van der Waals surface area contributed by atoms with E-state index in [1.54, 1.807) is 12.1 Å². The summed E-state index contributed by atoms with van der Waals surface area (Å²) < 4.78 is 26.9. The number of hydrogen-bond acceptors (Lipinski definition) is 3. The lowest BCUT2D eigenvalue weighted by Crippen LogP contribution is -2.31. The van der Waals surface area contributed by atoms with Gasteiger partial charge >= 0.3 is 0 Å². The normalized spacial score (nSPS) is 16.5. The van der Waals surface area contributed by atoms with Crippen LogP contribution >= 0.6 is 15.9 Å². The number of sulfonamides is 1. The molecule has 0 radical (unpaired) electrons. The fourth-order valence-electron chi connectivity index (χ4n) is 2.34. The van der Waals surface area contributed by atoms with Gasteiger partial charge in [0, 0.05) is 10.9 Å². The molecule has 0 atom stereocenters. The number of nitrogens with one attached hydrogen (secondary N) is 1. The molecule has 1 N–H and O–H groups in total. The first kappa shape index (κ1) is 14.5. The van der Waals surface area contributed by atoms with Crippen LogP contribution in [0.4, 0.5) is 0 Å². The van der Waals surface area contributed by atoms with Crippen molar-refractivity contribution in [3.63, 3.8) is 0 Å². The first-order valence-electron chi connectivity index (χ1n) is 6.28. The maximum atomic E-state index is 12.0. The number of amides is 1. The number of halogens is 1. The Labute approximate surface area is 121 Å². The molecule has 0 aromatic heterocycles. The highest BCUT2D eigenvalue weighted by Crippen LogP contribution is 2.27. The lowest BCUT2D eigenvalue weighted by Gasteiger charge is -2.10. The van der Waals surface area contributed by atoms with Gasteiger partial charge in [0.1, 0.15) is 0 Å². The minimum absolute atomic E-state index is 0.107. The van der Waals surface area contributed by atoms with E-state index >= 15 is 0 Å². The van der Waals surface area contributed by atoms with Gasteiger partial charge in [0.15, 0.2) is 0 Å². The topological polar surface area (TPSA) is 63.2 Å². The third-order valence-electron chi connectivity index (χ3n) is 3.32. The van der Waals surface area contributed by atoms with E-state index in [0.717, 1.165) is 30.2 Å². The molecule has 0 saturated heterocycles. The molecule has 6 heteroatoms. The fourth-order valence-corrected chi connectivity index (χ4v) is 3.60. The zero-order valence-corrected chi connectivity index (χ0v) is 12.8. The summed E-state index contributed by atoms with van der Waals surface area (Å²) in [5, 5.41) is 0. The van der Waals surface area contributed by atoms with Crippen molar-refractivity contribution in [2.45, 2.75) is 37.0 Å². The van der Waals surface area contributed by atoms with Gasteiger partial charge in [-0.25, -0.2) is 13.1 Å². The Morgan fingerprint density at radius 2 is 1.79 bits per heavy atom. The molecule has 0 aliphatic heterocycles. The van der Waals surface area contributed by atoms with E-state index in [4.69, 9.17) is 0 Å². The quantitative estimate of drug-likeness (QED) is 0.912. The Hall–Kier alpha value is -0.880. The predicted molar refractivity (Wildman–Crippen MR) is 76.0 cm³/mol. The van der Waals surface area contributed by atoms with Crippen LogP contribution in [0.5, 0.6) is 0 Å². The lowest BCUT2D eigenvalue weighted by molar-refractivity contribution is -0.120. The van der Waals surface area contributed by atoms with E-state index in [0.29, 0.717) is 12.3 Å². The van der Waals surface area contributed by atoms with Crippen molar-refractivity contribution in [3.8, 4) is 0 Å². The summed E-state index contributed by atoms with van der Waals surface area (Å²) in [5.41, 5.74) is 0. The second kappa shape index (κ2) is 6.05. The summed E-state index contributed by atoms with van der Waals surface area (Å²) in [5.74, 6) is -0.0741. The standard InChI is InChI=1S/C13H16BrNO3S/c14-11-5-7-12(8-6-11)19(17,18)15-13(16)9-10-3-1-2-4-10/h5-8,10H,1-4,9H2,(H,15,16). The van der Waals surface area contributed by atoms with Gasteiger partial charge in [-0.3, -0.25) is 4.79 Å². The summed E-state index contributed by atoms with van der Waals surface area (Å²) in [7, 11) is -3.74. The highest BCUT2D eigenvalue weighted by Gasteiger charge is 2.22. The van der Waals surface area contributed by atoms with Crippen LogP contribution < -0.4 is 4.72 Å². The number of carbonyl (C=O) groups is 1. The number of hydrogen-bond donors (Lipinski definition) is 1. The monoisotopic (exact) mass is 345 g/mol. The van der Waals surface area contributed by atoms with E-state index in [1.165, 1.54) is 12.1 Å². The second-order valence-corrected chi connectivity index (χ2v) is 7.44. The molecule has 1 aromatic carbocycles. The van der Waals surface area contributed by atoms with Crippen molar-refractivity contribution in [1.29, 1.82) is 0 Å². The van der Waals surface area contributed by atoms with Crippen molar-refractivity contribution < 1.29 is 13.2 Å². The molecule has 0 spiro atoms. The predicted octanol–water partition coefficient (Wildman–Crippen LogP) is 2.83. The van der Waals surface area contributed by atoms with Crippen molar-refractivity contribution in [2.24, 2.45) is 5.92 Å². The van der Waals surface area contributed by atoms with Crippen LogP contribution in [0.2, 0.25) is 0 Å². The molecule has 2 rings (SSSR count). The van der Waals surface area contributed by atoms with E-state index in [9.17, 15) is 13.2 Å². The Morgan fingerprint density at radius 1 is 1.21 bits per heavy atom. The van der Waals surface area contributed by atoms with E-state index < -0.39 is 15.9 Å². The van der Waals surface area contributed by atoms with Gasteiger partial charge in [0.2, 0.25) is 5.91 Å². The number of carbonyl (C=O) groups excluding carboxylic acids is 1. The molecule has 1 aliphatic carbocycles. The first-order valence-corrected chi connectivity index (χ1v) is 8.56. The van der Waals surface area contributed by atoms with Crippen LogP contribution in [0.25, 0.3) is 0 Å². The van der Waals surface area contributed by atoms with E-state index in [-0.39, 0.29) is 4.90 Å². The molecule has 0 heterocycles. The van der Waals surface area contributed by atoms with Crippen LogP contribution in [0.1, 0.15) is 32.1 Å². The summed E-state index contributed by atoms with van der Waals surface area (Å²) >= 11 is 3.24. The van der Waals surface area contributed by atoms with Gasteiger partial charge in [-0.2, -0.15) is 0 Å². The first-order chi connectivity index (χ1) is 8.97. The van der Waals surface area contributed by atoms with Gasteiger partial charge in [-0.05, 0) is 43.0 Å². The molecule has 0 unspecified atom stereocenters. The summed E-state index contributed by atoms with van der Waals surface area (Å²) in [6, 6.07) is 6.20. The Kier molecular flexibility index (Phi) is 4.62. The van der Waals surface area contributed by atoms with Crippen LogP contribution in [-0.4, -0.2) is 14.3 Å². The summed E-state index contributed by atoms with van der Waals surface area (Å²) in [6.07, 6.45) is 4.61. The number of benzene rings is 1. The third kappa shape index (κ3) is 4.04. The van der Waals surface area contributed by atoms with Crippen LogP contribution in [-0.2, 0) is 14.8 Å². The second-order valence-electron chi connectivity index (χ2n) is 4.84. The van der Waals surface area contributed by atoms with Crippen molar-refractivity contribution >= 4 is 31.9 Å². The van der Waals surface area contributed by atoms with Crippen LogP contribution in [0.3, 0.4) is 0 Å². The average molecular weight is 346 g/mol. The molecule has 1 amide bonds. The van der Waals surface area contributed by atoms with Crippen molar-refractivity contribution in [3.05, 3.63) is 28.7 Å². The Bertz CT molecular complexity index is 548. The molecule has 1 aliphatic rings. The van der Waals surface area contributed by atoms with Crippen molar-refractivity contribution in [2.75, 3.05) is 0 Å². The smallest absolute Gasteiger partial charge is 0.264 e. The highest BCUT2D eigenvalue weighted by atomic mass is 79.9. The Morgan fingerprint density at radius 3 is 2.37 bits per heavy atom. The van der Waals surface area contributed by atoms with Crippen LogP contribution in [0.15, 0.2) is 33.6 Å².